The first-order valence-electron chi connectivity index (χ1n) is 15.3. The molecule has 2 aliphatic rings. The van der Waals surface area contributed by atoms with Gasteiger partial charge in [0.05, 0.1) is 27.2 Å². The van der Waals surface area contributed by atoms with Gasteiger partial charge in [-0.25, -0.2) is 20.0 Å². The Hall–Kier alpha value is -5.73. The Morgan fingerprint density at radius 3 is 2.49 bits per heavy atom. The number of fused-ring (bicyclic) bond motifs is 2. The van der Waals surface area contributed by atoms with E-state index in [4.69, 9.17) is 0 Å². The van der Waals surface area contributed by atoms with Gasteiger partial charge in [0.25, 0.3) is 11.1 Å². The number of amidine groups is 1. The molecule has 7 rings (SSSR count). The van der Waals surface area contributed by atoms with E-state index in [9.17, 15) is 19.5 Å². The smallest absolute Gasteiger partial charge is 0.307 e. The van der Waals surface area contributed by atoms with Crippen molar-refractivity contribution in [1.29, 1.82) is 0 Å². The Morgan fingerprint density at radius 1 is 0.959 bits per heavy atom. The number of anilines is 1. The van der Waals surface area contributed by atoms with Gasteiger partial charge in [-0.2, -0.15) is 0 Å². The number of amides is 2. The van der Waals surface area contributed by atoms with Crippen molar-refractivity contribution in [3.05, 3.63) is 120 Å². The molecule has 4 heterocycles. The zero-order valence-corrected chi connectivity index (χ0v) is 28.1. The summed E-state index contributed by atoms with van der Waals surface area (Å²) < 4.78 is 0. The van der Waals surface area contributed by atoms with Gasteiger partial charge in [0.15, 0.2) is 5.84 Å². The number of rotatable bonds is 7. The van der Waals surface area contributed by atoms with E-state index in [1.807, 2.05) is 66.7 Å². The Morgan fingerprint density at radius 2 is 1.78 bits per heavy atom. The zero-order chi connectivity index (χ0) is 34.3. The molecule has 0 unspecified atom stereocenters. The van der Waals surface area contributed by atoms with Gasteiger partial charge >= 0.3 is 4.87 Å². The number of aromatic hydroxyl groups is 1. The van der Waals surface area contributed by atoms with Crippen LogP contribution in [-0.2, 0) is 11.3 Å². The fourth-order valence-corrected chi connectivity index (χ4v) is 6.48. The van der Waals surface area contributed by atoms with E-state index >= 15 is 0 Å². The van der Waals surface area contributed by atoms with E-state index in [0.29, 0.717) is 22.2 Å². The van der Waals surface area contributed by atoms with E-state index in [1.54, 1.807) is 18.5 Å². The summed E-state index contributed by atoms with van der Waals surface area (Å²) in [6, 6.07) is 21.3. The molecule has 3 N–H and O–H groups in total. The Bertz CT molecular complexity index is 2330. The second kappa shape index (κ2) is 15.0. The van der Waals surface area contributed by atoms with Crippen LogP contribution in [0.2, 0.25) is 0 Å². The number of nitrogens with zero attached hydrogens (tertiary/aromatic N) is 6. The fourth-order valence-electron chi connectivity index (χ4n) is 5.11. The number of thioether (sulfide) groups is 1. The molecule has 12 nitrogen and oxygen atoms in total. The van der Waals surface area contributed by atoms with Crippen molar-refractivity contribution in [2.24, 2.45) is 15.0 Å². The third kappa shape index (κ3) is 7.88. The largest absolute Gasteiger partial charge is 0.493 e. The molecule has 1 fully saturated rings. The van der Waals surface area contributed by atoms with Crippen molar-refractivity contribution >= 4 is 75.3 Å². The summed E-state index contributed by atoms with van der Waals surface area (Å²) in [7, 11) is 0. The van der Waals surface area contributed by atoms with Gasteiger partial charge in [0.2, 0.25) is 5.88 Å². The van der Waals surface area contributed by atoms with Crippen LogP contribution >= 0.6 is 23.1 Å². The van der Waals surface area contributed by atoms with Gasteiger partial charge in [-0.05, 0) is 78.4 Å². The number of benzene rings is 3. The van der Waals surface area contributed by atoms with E-state index in [0.717, 1.165) is 80.2 Å². The third-order valence-electron chi connectivity index (χ3n) is 7.49. The average Bonchev–Trinajstić information content (AvgIpc) is 3.61. The molecule has 2 amide bonds. The van der Waals surface area contributed by atoms with Crippen LogP contribution < -0.4 is 25.7 Å². The molecular formula is C35H30N8O4S2. The van der Waals surface area contributed by atoms with E-state index in [1.165, 1.54) is 6.34 Å². The lowest BCUT2D eigenvalue weighted by atomic mass is 10.1. The number of H-pyrrole nitrogens is 1. The summed E-state index contributed by atoms with van der Waals surface area (Å²) in [6.07, 6.45) is 6.51. The molecule has 246 valence electrons. The van der Waals surface area contributed by atoms with Gasteiger partial charge in [-0.15, -0.1) is 0 Å². The summed E-state index contributed by atoms with van der Waals surface area (Å²) in [4.78, 5) is 61.2. The SMILES string of the molecule is CCN(CC)c1ncnc2ccc(C=C3SC(=O)NC3=O)cc12.O=c1[nH]c(O)c(C=c2ccc3c(c2)C(=NCc2ccccc2)N=CN=3)s1. The Labute approximate surface area is 288 Å². The molecule has 49 heavy (non-hydrogen) atoms. The fraction of sp³-hybridized carbons (Fsp3) is 0.143. The number of carbonyl (C=O) groups excluding carboxylic acids is 2. The van der Waals surface area contributed by atoms with Crippen molar-refractivity contribution in [2.75, 3.05) is 18.0 Å². The number of imide groups is 1. The molecule has 0 saturated carbocycles. The molecule has 0 bridgehead atoms. The lowest BCUT2D eigenvalue weighted by Crippen LogP contribution is -2.23. The maximum absolute atomic E-state index is 11.7. The predicted molar refractivity (Wildman–Crippen MR) is 195 cm³/mol. The Balaban J connectivity index is 0.000000171. The standard InChI is InChI=1S/C19H14N4O2S.C16H16N4O2S/c24-18-16(26-19(25)23-18)9-13-6-7-15-14(8-13)17(22-11-21-15)20-10-12-4-2-1-3-5-12;1-3-20(4-2)14-11-7-10(5-6-12(11)17-9-18-14)8-13-15(21)19-16(22)23-13/h1-9,11,24H,10H2,(H,23,25);5-9H,3-4H2,1-2H3,(H,19,21,22). The molecule has 0 atom stereocenters. The number of carbonyl (C=O) groups is 2. The highest BCUT2D eigenvalue weighted by Gasteiger charge is 2.25. The van der Waals surface area contributed by atoms with Crippen molar-refractivity contribution in [2.45, 2.75) is 20.4 Å². The molecule has 1 saturated heterocycles. The minimum absolute atomic E-state index is 0.126. The molecule has 0 radical (unpaired) electrons. The van der Waals surface area contributed by atoms with Crippen LogP contribution in [0.5, 0.6) is 5.88 Å². The van der Waals surface area contributed by atoms with Crippen molar-refractivity contribution in [3.8, 4) is 5.88 Å². The number of thiazole rings is 1. The first-order valence-corrected chi connectivity index (χ1v) is 16.9. The minimum Gasteiger partial charge on any atom is -0.493 e. The quantitative estimate of drug-likeness (QED) is 0.212. The molecular weight excluding hydrogens is 661 g/mol. The van der Waals surface area contributed by atoms with Crippen molar-refractivity contribution in [3.63, 3.8) is 0 Å². The molecule has 0 spiro atoms. The molecule has 2 aromatic heterocycles. The summed E-state index contributed by atoms with van der Waals surface area (Å²) in [6.45, 7) is 6.38. The van der Waals surface area contributed by atoms with Crippen LogP contribution in [0, 0.1) is 0 Å². The minimum atomic E-state index is -0.353. The van der Waals surface area contributed by atoms with Crippen LogP contribution in [0.25, 0.3) is 23.1 Å². The normalized spacial score (nSPS) is 15.6. The van der Waals surface area contributed by atoms with Crippen molar-refractivity contribution < 1.29 is 14.7 Å². The van der Waals surface area contributed by atoms with Crippen LogP contribution in [0.3, 0.4) is 0 Å². The van der Waals surface area contributed by atoms with Gasteiger partial charge < -0.3 is 10.0 Å². The number of nitrogens with one attached hydrogen (secondary N) is 2. The van der Waals surface area contributed by atoms with Crippen LogP contribution in [0.4, 0.5) is 10.6 Å². The van der Waals surface area contributed by atoms with E-state index in [-0.39, 0.29) is 21.9 Å². The number of hydrogen-bond acceptors (Lipinski definition) is 11. The highest BCUT2D eigenvalue weighted by Crippen LogP contribution is 2.29. The lowest BCUT2D eigenvalue weighted by Gasteiger charge is -2.21. The molecule has 3 aromatic carbocycles. The summed E-state index contributed by atoms with van der Waals surface area (Å²) >= 11 is 1.87. The number of aliphatic imine (C=N–C) groups is 2. The van der Waals surface area contributed by atoms with Gasteiger partial charge in [-0.3, -0.25) is 29.7 Å². The molecule has 0 aliphatic carbocycles. The van der Waals surface area contributed by atoms with Crippen LogP contribution in [0.15, 0.2) is 97.7 Å². The zero-order valence-electron chi connectivity index (χ0n) is 26.5. The van der Waals surface area contributed by atoms with Gasteiger partial charge in [0, 0.05) is 24.0 Å². The summed E-state index contributed by atoms with van der Waals surface area (Å²) in [5.41, 5.74) is 3.61. The predicted octanol–water partition coefficient (Wildman–Crippen LogP) is 4.38. The Kier molecular flexibility index (Phi) is 10.2. The second-order valence-electron chi connectivity index (χ2n) is 10.6. The van der Waals surface area contributed by atoms with Gasteiger partial charge in [0.1, 0.15) is 18.5 Å². The second-order valence-corrected chi connectivity index (χ2v) is 12.7. The van der Waals surface area contributed by atoms with Crippen molar-refractivity contribution in [1.82, 2.24) is 20.3 Å². The van der Waals surface area contributed by atoms with E-state index in [2.05, 4.69) is 54.0 Å². The van der Waals surface area contributed by atoms with E-state index < -0.39 is 0 Å². The highest BCUT2D eigenvalue weighted by molar-refractivity contribution is 8.18. The molecule has 5 aromatic rings. The van der Waals surface area contributed by atoms with Crippen LogP contribution in [0.1, 0.15) is 35.4 Å². The average molecular weight is 691 g/mol. The molecule has 14 heteroatoms. The number of aromatic nitrogens is 3. The van der Waals surface area contributed by atoms with Crippen LogP contribution in [-0.4, -0.2) is 56.5 Å². The maximum atomic E-state index is 11.7. The topological polar surface area (TPSA) is 165 Å². The molecule has 2 aliphatic heterocycles. The first kappa shape index (κ1) is 33.2. The third-order valence-corrected chi connectivity index (χ3v) is 9.12. The monoisotopic (exact) mass is 690 g/mol. The summed E-state index contributed by atoms with van der Waals surface area (Å²) in [5, 5.41) is 14.2. The number of hydrogen-bond donors (Lipinski definition) is 3. The number of aromatic amines is 1. The maximum Gasteiger partial charge on any atom is 0.307 e. The summed E-state index contributed by atoms with van der Waals surface area (Å²) in [5.74, 6) is 1.01. The highest BCUT2D eigenvalue weighted by atomic mass is 32.2. The van der Waals surface area contributed by atoms with Gasteiger partial charge in [-0.1, -0.05) is 53.8 Å². The lowest BCUT2D eigenvalue weighted by molar-refractivity contribution is -0.115. The first-order chi connectivity index (χ1) is 23.8.